The highest BCUT2D eigenvalue weighted by Crippen LogP contribution is 2.18. The van der Waals surface area contributed by atoms with Gasteiger partial charge in [0.05, 0.1) is 5.02 Å². The average molecular weight is 257 g/mol. The first-order chi connectivity index (χ1) is 8.16. The summed E-state index contributed by atoms with van der Waals surface area (Å²) in [4.78, 5) is 11.6. The van der Waals surface area contributed by atoms with Crippen molar-refractivity contribution in [2.75, 3.05) is 13.1 Å². The standard InChI is InChI=1S/C12H14ClFN2O/c13-10-4-1-8(7-11(10)14)12(17)16-6-5-15-9-2-3-9/h1,4,7,9,15H,2-3,5-6H2,(H,16,17). The number of hydrogen-bond donors (Lipinski definition) is 2. The van der Waals surface area contributed by atoms with Gasteiger partial charge in [-0.25, -0.2) is 4.39 Å². The van der Waals surface area contributed by atoms with Gasteiger partial charge in [-0.15, -0.1) is 0 Å². The third-order valence-electron chi connectivity index (χ3n) is 2.60. The van der Waals surface area contributed by atoms with Crippen LogP contribution in [0, 0.1) is 5.82 Å². The highest BCUT2D eigenvalue weighted by Gasteiger charge is 2.19. The molecule has 92 valence electrons. The third kappa shape index (κ3) is 3.68. The Bertz CT molecular complexity index is 421. The van der Waals surface area contributed by atoms with E-state index in [9.17, 15) is 9.18 Å². The number of carbonyl (C=O) groups is 1. The van der Waals surface area contributed by atoms with E-state index in [4.69, 9.17) is 11.6 Å². The average Bonchev–Trinajstić information content (AvgIpc) is 3.12. The molecule has 2 rings (SSSR count). The van der Waals surface area contributed by atoms with Crippen molar-refractivity contribution in [3.05, 3.63) is 34.6 Å². The van der Waals surface area contributed by atoms with Crippen LogP contribution in [0.2, 0.25) is 5.02 Å². The summed E-state index contributed by atoms with van der Waals surface area (Å²) in [6.45, 7) is 1.28. The van der Waals surface area contributed by atoms with Crippen molar-refractivity contribution in [2.24, 2.45) is 0 Å². The van der Waals surface area contributed by atoms with Crippen LogP contribution in [-0.2, 0) is 0 Å². The molecule has 1 aromatic carbocycles. The minimum Gasteiger partial charge on any atom is -0.351 e. The van der Waals surface area contributed by atoms with Crippen molar-refractivity contribution in [3.8, 4) is 0 Å². The van der Waals surface area contributed by atoms with Gasteiger partial charge in [-0.2, -0.15) is 0 Å². The number of carbonyl (C=O) groups excluding carboxylic acids is 1. The smallest absolute Gasteiger partial charge is 0.251 e. The van der Waals surface area contributed by atoms with Gasteiger partial charge >= 0.3 is 0 Å². The number of amides is 1. The van der Waals surface area contributed by atoms with Crippen LogP contribution in [0.15, 0.2) is 18.2 Å². The van der Waals surface area contributed by atoms with E-state index in [1.165, 1.54) is 25.0 Å². The van der Waals surface area contributed by atoms with Crippen LogP contribution in [0.25, 0.3) is 0 Å². The topological polar surface area (TPSA) is 41.1 Å². The monoisotopic (exact) mass is 256 g/mol. The van der Waals surface area contributed by atoms with Gasteiger partial charge in [0.15, 0.2) is 0 Å². The fourth-order valence-corrected chi connectivity index (χ4v) is 1.60. The van der Waals surface area contributed by atoms with Crippen molar-refractivity contribution in [3.63, 3.8) is 0 Å². The minimum absolute atomic E-state index is 0.0250. The van der Waals surface area contributed by atoms with Crippen LogP contribution in [0.4, 0.5) is 4.39 Å². The molecule has 1 aliphatic carbocycles. The summed E-state index contributed by atoms with van der Waals surface area (Å²) in [7, 11) is 0. The Kier molecular flexibility index (Phi) is 3.97. The molecule has 0 unspecified atom stereocenters. The van der Waals surface area contributed by atoms with Crippen molar-refractivity contribution in [2.45, 2.75) is 18.9 Å². The number of rotatable bonds is 5. The summed E-state index contributed by atoms with van der Waals surface area (Å²) in [5.74, 6) is -0.853. The van der Waals surface area contributed by atoms with Crippen LogP contribution in [0.1, 0.15) is 23.2 Å². The van der Waals surface area contributed by atoms with Gasteiger partial charge in [0, 0.05) is 24.7 Å². The first-order valence-electron chi connectivity index (χ1n) is 5.63. The minimum atomic E-state index is -0.574. The van der Waals surface area contributed by atoms with Gasteiger partial charge in [0.25, 0.3) is 5.91 Å². The predicted octanol–water partition coefficient (Wildman–Crippen LogP) is 1.96. The lowest BCUT2D eigenvalue weighted by atomic mass is 10.2. The van der Waals surface area contributed by atoms with Crippen LogP contribution in [0.5, 0.6) is 0 Å². The Morgan fingerprint density at radius 3 is 2.82 bits per heavy atom. The Balaban J connectivity index is 1.79. The van der Waals surface area contributed by atoms with E-state index < -0.39 is 5.82 Å². The van der Waals surface area contributed by atoms with Crippen LogP contribution in [-0.4, -0.2) is 25.0 Å². The normalized spacial score (nSPS) is 14.7. The zero-order valence-corrected chi connectivity index (χ0v) is 10.1. The number of benzene rings is 1. The Morgan fingerprint density at radius 1 is 1.41 bits per heavy atom. The molecule has 0 bridgehead atoms. The van der Waals surface area contributed by atoms with E-state index in [2.05, 4.69) is 10.6 Å². The molecule has 0 saturated heterocycles. The summed E-state index contributed by atoms with van der Waals surface area (Å²) in [5, 5.41) is 6.02. The summed E-state index contributed by atoms with van der Waals surface area (Å²) in [5.41, 5.74) is 0.290. The third-order valence-corrected chi connectivity index (χ3v) is 2.91. The summed E-state index contributed by atoms with van der Waals surface area (Å²) in [6.07, 6.45) is 2.44. The van der Waals surface area contributed by atoms with E-state index >= 15 is 0 Å². The van der Waals surface area contributed by atoms with Crippen LogP contribution in [0.3, 0.4) is 0 Å². The molecule has 1 aliphatic rings. The SMILES string of the molecule is O=C(NCCNC1CC1)c1ccc(Cl)c(F)c1. The molecule has 0 aliphatic heterocycles. The van der Waals surface area contributed by atoms with E-state index in [1.54, 1.807) is 0 Å². The molecule has 0 heterocycles. The van der Waals surface area contributed by atoms with Crippen molar-refractivity contribution >= 4 is 17.5 Å². The van der Waals surface area contributed by atoms with Crippen molar-refractivity contribution in [1.29, 1.82) is 0 Å². The summed E-state index contributed by atoms with van der Waals surface area (Å²) in [6, 6.07) is 4.66. The van der Waals surface area contributed by atoms with Gasteiger partial charge in [0.1, 0.15) is 5.82 Å². The largest absolute Gasteiger partial charge is 0.351 e. The molecule has 2 N–H and O–H groups in total. The van der Waals surface area contributed by atoms with Gasteiger partial charge in [-0.1, -0.05) is 11.6 Å². The van der Waals surface area contributed by atoms with Crippen LogP contribution < -0.4 is 10.6 Å². The van der Waals surface area contributed by atoms with Gasteiger partial charge in [-0.3, -0.25) is 4.79 Å². The maximum absolute atomic E-state index is 13.1. The summed E-state index contributed by atoms with van der Waals surface area (Å²) >= 11 is 5.54. The fraction of sp³-hybridized carbons (Fsp3) is 0.417. The van der Waals surface area contributed by atoms with Crippen molar-refractivity contribution < 1.29 is 9.18 Å². The molecule has 0 radical (unpaired) electrons. The molecule has 0 spiro atoms. The summed E-state index contributed by atoms with van der Waals surface area (Å²) < 4.78 is 13.1. The molecule has 0 atom stereocenters. The molecule has 1 saturated carbocycles. The molecule has 17 heavy (non-hydrogen) atoms. The predicted molar refractivity (Wildman–Crippen MR) is 64.8 cm³/mol. The maximum atomic E-state index is 13.1. The lowest BCUT2D eigenvalue weighted by molar-refractivity contribution is 0.0953. The zero-order valence-electron chi connectivity index (χ0n) is 9.30. The second-order valence-electron chi connectivity index (χ2n) is 4.11. The van der Waals surface area contributed by atoms with Gasteiger partial charge < -0.3 is 10.6 Å². The number of hydrogen-bond acceptors (Lipinski definition) is 2. The second-order valence-corrected chi connectivity index (χ2v) is 4.52. The molecule has 0 aromatic heterocycles. The van der Waals surface area contributed by atoms with E-state index in [0.29, 0.717) is 18.2 Å². The van der Waals surface area contributed by atoms with E-state index in [0.717, 1.165) is 12.6 Å². The maximum Gasteiger partial charge on any atom is 0.251 e. The fourth-order valence-electron chi connectivity index (χ4n) is 1.48. The number of halogens is 2. The van der Waals surface area contributed by atoms with E-state index in [1.807, 2.05) is 0 Å². The quantitative estimate of drug-likeness (QED) is 0.791. The molecule has 1 aromatic rings. The second kappa shape index (κ2) is 5.47. The van der Waals surface area contributed by atoms with Gasteiger partial charge in [0.2, 0.25) is 0 Å². The molecular weight excluding hydrogens is 243 g/mol. The Labute approximate surface area is 104 Å². The molecular formula is C12H14ClFN2O. The Morgan fingerprint density at radius 2 is 2.18 bits per heavy atom. The molecule has 5 heteroatoms. The zero-order chi connectivity index (χ0) is 12.3. The van der Waals surface area contributed by atoms with Crippen molar-refractivity contribution in [1.82, 2.24) is 10.6 Å². The number of nitrogens with one attached hydrogen (secondary N) is 2. The lowest BCUT2D eigenvalue weighted by Gasteiger charge is -2.06. The lowest BCUT2D eigenvalue weighted by Crippen LogP contribution is -2.32. The first kappa shape index (κ1) is 12.3. The Hall–Kier alpha value is -1.13. The van der Waals surface area contributed by atoms with Gasteiger partial charge in [-0.05, 0) is 31.0 Å². The highest BCUT2D eigenvalue weighted by molar-refractivity contribution is 6.30. The molecule has 1 fully saturated rings. The molecule has 3 nitrogen and oxygen atoms in total. The highest BCUT2D eigenvalue weighted by atomic mass is 35.5. The van der Waals surface area contributed by atoms with Crippen LogP contribution >= 0.6 is 11.6 Å². The van der Waals surface area contributed by atoms with E-state index in [-0.39, 0.29) is 10.9 Å². The first-order valence-corrected chi connectivity index (χ1v) is 6.01. The molecule has 1 amide bonds.